The molecule has 1 unspecified atom stereocenters. The summed E-state index contributed by atoms with van der Waals surface area (Å²) in [6.07, 6.45) is 3.63. The number of amides is 2. The van der Waals surface area contributed by atoms with Crippen molar-refractivity contribution >= 4 is 35.3 Å². The van der Waals surface area contributed by atoms with Crippen LogP contribution in [0.1, 0.15) is 11.9 Å². The molecule has 2 aliphatic heterocycles. The van der Waals surface area contributed by atoms with Crippen molar-refractivity contribution in [2.24, 2.45) is 7.05 Å². The van der Waals surface area contributed by atoms with E-state index in [0.717, 1.165) is 18.1 Å². The third-order valence-corrected chi connectivity index (χ3v) is 4.78. The van der Waals surface area contributed by atoms with Gasteiger partial charge in [0.2, 0.25) is 5.91 Å². The number of carbonyl (C=O) groups is 2. The molecule has 0 spiro atoms. The van der Waals surface area contributed by atoms with Gasteiger partial charge >= 0.3 is 0 Å². The predicted molar refractivity (Wildman–Crippen MR) is 87.2 cm³/mol. The summed E-state index contributed by atoms with van der Waals surface area (Å²) in [6.45, 7) is 2.95. The van der Waals surface area contributed by atoms with Crippen LogP contribution in [0.5, 0.6) is 0 Å². The van der Waals surface area contributed by atoms with Crippen LogP contribution in [0.15, 0.2) is 12.4 Å². The van der Waals surface area contributed by atoms with Crippen LogP contribution in [-0.4, -0.2) is 69.0 Å². The number of hydrogen-bond donors (Lipinski definition) is 1. The molecule has 0 saturated carbocycles. The minimum Gasteiger partial charge on any atom is -0.336 e. The first-order valence-electron chi connectivity index (χ1n) is 7.06. The van der Waals surface area contributed by atoms with Gasteiger partial charge in [0.25, 0.3) is 5.24 Å². The Morgan fingerprint density at radius 1 is 1.50 bits per heavy atom. The Kier molecular flexibility index (Phi) is 5.71. The van der Waals surface area contributed by atoms with Gasteiger partial charge < -0.3 is 19.7 Å². The van der Waals surface area contributed by atoms with Crippen LogP contribution in [0.2, 0.25) is 0 Å². The number of rotatable bonds is 3. The molecule has 1 N–H and O–H groups in total. The Labute approximate surface area is 139 Å². The summed E-state index contributed by atoms with van der Waals surface area (Å²) in [4.78, 5) is 32.1. The van der Waals surface area contributed by atoms with Crippen LogP contribution in [0.3, 0.4) is 0 Å². The number of halogens is 1. The van der Waals surface area contributed by atoms with Gasteiger partial charge in [-0.25, -0.2) is 4.98 Å². The SMILES string of the molecule is Cl.Cn1ccnc1C1CNCCN1C(=O)CN1CCSC1=O. The Bertz CT molecular complexity index is 552. The summed E-state index contributed by atoms with van der Waals surface area (Å²) in [5.74, 6) is 1.65. The van der Waals surface area contributed by atoms with Crippen LogP contribution in [0.25, 0.3) is 0 Å². The second-order valence-corrected chi connectivity index (χ2v) is 6.29. The number of imidazole rings is 1. The van der Waals surface area contributed by atoms with Crippen molar-refractivity contribution in [1.29, 1.82) is 0 Å². The summed E-state index contributed by atoms with van der Waals surface area (Å²) in [5.41, 5.74) is 0. The molecule has 1 atom stereocenters. The van der Waals surface area contributed by atoms with Gasteiger partial charge in [0.1, 0.15) is 18.4 Å². The second kappa shape index (κ2) is 7.34. The van der Waals surface area contributed by atoms with Gasteiger partial charge in [-0.2, -0.15) is 0 Å². The maximum atomic E-state index is 12.6. The summed E-state index contributed by atoms with van der Waals surface area (Å²) in [7, 11) is 1.93. The monoisotopic (exact) mass is 345 g/mol. The molecule has 2 saturated heterocycles. The molecule has 0 aromatic carbocycles. The van der Waals surface area contributed by atoms with Gasteiger partial charge in [-0.05, 0) is 0 Å². The quantitative estimate of drug-likeness (QED) is 0.863. The molecule has 3 rings (SSSR count). The fourth-order valence-electron chi connectivity index (χ4n) is 2.76. The number of aromatic nitrogens is 2. The highest BCUT2D eigenvalue weighted by Crippen LogP contribution is 2.22. The molecular formula is C13H20ClN5O2S. The van der Waals surface area contributed by atoms with Crippen molar-refractivity contribution in [2.45, 2.75) is 6.04 Å². The number of hydrogen-bond acceptors (Lipinski definition) is 5. The highest BCUT2D eigenvalue weighted by molar-refractivity contribution is 8.13. The van der Waals surface area contributed by atoms with Crippen molar-refractivity contribution in [3.05, 3.63) is 18.2 Å². The third kappa shape index (κ3) is 3.39. The number of piperazine rings is 1. The Morgan fingerprint density at radius 2 is 2.32 bits per heavy atom. The van der Waals surface area contributed by atoms with E-state index in [4.69, 9.17) is 0 Å². The molecule has 122 valence electrons. The number of nitrogens with zero attached hydrogens (tertiary/aromatic N) is 4. The number of nitrogens with one attached hydrogen (secondary N) is 1. The summed E-state index contributed by atoms with van der Waals surface area (Å²) >= 11 is 1.28. The highest BCUT2D eigenvalue weighted by atomic mass is 35.5. The molecule has 0 bridgehead atoms. The van der Waals surface area contributed by atoms with Crippen LogP contribution in [-0.2, 0) is 11.8 Å². The maximum absolute atomic E-state index is 12.6. The molecule has 0 radical (unpaired) electrons. The molecule has 1 aromatic rings. The number of thioether (sulfide) groups is 1. The smallest absolute Gasteiger partial charge is 0.282 e. The average Bonchev–Trinajstić information content (AvgIpc) is 3.08. The topological polar surface area (TPSA) is 70.5 Å². The average molecular weight is 346 g/mol. The molecular weight excluding hydrogens is 326 g/mol. The zero-order chi connectivity index (χ0) is 14.8. The van der Waals surface area contributed by atoms with Crippen LogP contribution in [0.4, 0.5) is 4.79 Å². The van der Waals surface area contributed by atoms with Crippen LogP contribution < -0.4 is 5.32 Å². The molecule has 9 heteroatoms. The Morgan fingerprint density at radius 3 is 2.95 bits per heavy atom. The maximum Gasteiger partial charge on any atom is 0.282 e. The minimum absolute atomic E-state index is 0. The second-order valence-electron chi connectivity index (χ2n) is 5.24. The molecule has 1 aromatic heterocycles. The van der Waals surface area contributed by atoms with Crippen LogP contribution >= 0.6 is 24.2 Å². The van der Waals surface area contributed by atoms with Crippen molar-refractivity contribution in [3.8, 4) is 0 Å². The minimum atomic E-state index is -0.0726. The lowest BCUT2D eigenvalue weighted by molar-refractivity contribution is -0.135. The van der Waals surface area contributed by atoms with Crippen molar-refractivity contribution < 1.29 is 9.59 Å². The molecule has 0 aliphatic carbocycles. The van der Waals surface area contributed by atoms with Gasteiger partial charge in [-0.1, -0.05) is 11.8 Å². The van der Waals surface area contributed by atoms with Gasteiger partial charge in [0, 0.05) is 51.4 Å². The van der Waals surface area contributed by atoms with Crippen LogP contribution in [0, 0.1) is 0 Å². The third-order valence-electron chi connectivity index (χ3n) is 3.89. The summed E-state index contributed by atoms with van der Waals surface area (Å²) in [5, 5.41) is 3.31. The Hall–Kier alpha value is -1.25. The summed E-state index contributed by atoms with van der Waals surface area (Å²) < 4.78 is 1.94. The van der Waals surface area contributed by atoms with Crippen molar-refractivity contribution in [3.63, 3.8) is 0 Å². The van der Waals surface area contributed by atoms with Crippen molar-refractivity contribution in [1.82, 2.24) is 24.7 Å². The zero-order valence-electron chi connectivity index (χ0n) is 12.4. The van der Waals surface area contributed by atoms with E-state index in [1.165, 1.54) is 11.8 Å². The molecule has 22 heavy (non-hydrogen) atoms. The lowest BCUT2D eigenvalue weighted by atomic mass is 10.1. The summed E-state index contributed by atoms with van der Waals surface area (Å²) in [6, 6.07) is -0.0726. The molecule has 3 heterocycles. The zero-order valence-corrected chi connectivity index (χ0v) is 14.0. The molecule has 2 fully saturated rings. The van der Waals surface area contributed by atoms with Gasteiger partial charge in [-0.3, -0.25) is 9.59 Å². The van der Waals surface area contributed by atoms with E-state index in [1.807, 2.05) is 22.7 Å². The van der Waals surface area contributed by atoms with Gasteiger partial charge in [0.05, 0.1) is 0 Å². The standard InChI is InChI=1S/C13H19N5O2S.ClH/c1-16-4-3-15-12(16)10-8-14-2-5-18(10)11(19)9-17-6-7-21-13(17)20;/h3-4,10,14H,2,5-9H2,1H3;1H. The number of aryl methyl sites for hydroxylation is 1. The fourth-order valence-corrected chi connectivity index (χ4v) is 3.58. The van der Waals surface area contributed by atoms with E-state index >= 15 is 0 Å². The van der Waals surface area contributed by atoms with E-state index in [2.05, 4.69) is 10.3 Å². The first-order valence-corrected chi connectivity index (χ1v) is 8.04. The lowest BCUT2D eigenvalue weighted by Gasteiger charge is -2.36. The van der Waals surface area contributed by atoms with Crippen molar-refractivity contribution in [2.75, 3.05) is 38.5 Å². The van der Waals surface area contributed by atoms with E-state index < -0.39 is 0 Å². The Balaban J connectivity index is 0.00000176. The van der Waals surface area contributed by atoms with E-state index in [1.54, 1.807) is 11.1 Å². The fraction of sp³-hybridized carbons (Fsp3) is 0.615. The molecule has 2 aliphatic rings. The molecule has 7 nitrogen and oxygen atoms in total. The first kappa shape index (κ1) is 17.1. The van der Waals surface area contributed by atoms with E-state index in [-0.39, 0.29) is 36.1 Å². The molecule has 2 amide bonds. The normalized spacial score (nSPS) is 21.9. The highest BCUT2D eigenvalue weighted by Gasteiger charge is 2.32. The largest absolute Gasteiger partial charge is 0.336 e. The van der Waals surface area contributed by atoms with E-state index in [9.17, 15) is 9.59 Å². The lowest BCUT2D eigenvalue weighted by Crippen LogP contribution is -2.52. The number of carbonyl (C=O) groups excluding carboxylic acids is 2. The predicted octanol–water partition coefficient (Wildman–Crippen LogP) is 0.484. The first-order chi connectivity index (χ1) is 10.2. The van der Waals surface area contributed by atoms with Gasteiger partial charge in [0.15, 0.2) is 0 Å². The van der Waals surface area contributed by atoms with Gasteiger partial charge in [-0.15, -0.1) is 12.4 Å². The van der Waals surface area contributed by atoms with E-state index in [0.29, 0.717) is 19.6 Å².